The molecule has 0 amide bonds. The molecule has 0 atom stereocenters. The second-order valence-corrected chi connectivity index (χ2v) is 5.75. The molecule has 0 spiro atoms. The van der Waals surface area contributed by atoms with E-state index >= 15 is 0 Å². The largest absolute Gasteiger partial charge is 0.383 e. The molecular weight excluding hydrogens is 298 g/mol. The lowest BCUT2D eigenvalue weighted by molar-refractivity contribution is 0.0977. The van der Waals surface area contributed by atoms with Crippen LogP contribution in [0, 0.1) is 11.3 Å². The highest BCUT2D eigenvalue weighted by atomic mass is 16.1. The summed E-state index contributed by atoms with van der Waals surface area (Å²) < 4.78 is 1.92. The predicted molar refractivity (Wildman–Crippen MR) is 93.4 cm³/mol. The maximum Gasteiger partial charge on any atom is 0.183 e. The molecule has 4 heteroatoms. The summed E-state index contributed by atoms with van der Waals surface area (Å²) in [6, 6.07) is 19.6. The lowest BCUT2D eigenvalue weighted by Crippen LogP contribution is -2.19. The van der Waals surface area contributed by atoms with Gasteiger partial charge in [0.2, 0.25) is 0 Å². The van der Waals surface area contributed by atoms with E-state index in [0.717, 1.165) is 22.5 Å². The molecule has 2 heterocycles. The van der Waals surface area contributed by atoms with E-state index in [9.17, 15) is 10.1 Å². The highest BCUT2D eigenvalue weighted by molar-refractivity contribution is 6.02. The fourth-order valence-corrected chi connectivity index (χ4v) is 3.14. The lowest BCUT2D eigenvalue weighted by Gasteiger charge is -2.16. The van der Waals surface area contributed by atoms with Crippen molar-refractivity contribution in [1.29, 1.82) is 5.26 Å². The van der Waals surface area contributed by atoms with Crippen LogP contribution in [-0.2, 0) is 0 Å². The van der Waals surface area contributed by atoms with Gasteiger partial charge in [-0.3, -0.25) is 4.79 Å². The molecular formula is C20H15N3O. The quantitative estimate of drug-likeness (QED) is 0.777. The number of fused-ring (bicyclic) bond motifs is 1. The molecule has 0 saturated heterocycles. The summed E-state index contributed by atoms with van der Waals surface area (Å²) in [6.07, 6.45) is 2.43. The topological polar surface area (TPSA) is 57.8 Å². The van der Waals surface area contributed by atoms with Crippen molar-refractivity contribution in [3.63, 3.8) is 0 Å². The van der Waals surface area contributed by atoms with Crippen LogP contribution in [0.25, 0.3) is 16.8 Å². The van der Waals surface area contributed by atoms with Crippen molar-refractivity contribution >= 4 is 11.5 Å². The molecule has 1 aromatic heterocycles. The molecule has 0 radical (unpaired) electrons. The average Bonchev–Trinajstić information content (AvgIpc) is 3.07. The first-order valence-corrected chi connectivity index (χ1v) is 7.86. The minimum Gasteiger partial charge on any atom is -0.383 e. The maximum atomic E-state index is 12.2. The minimum absolute atomic E-state index is 0.160. The van der Waals surface area contributed by atoms with Crippen LogP contribution in [0.1, 0.15) is 22.5 Å². The van der Waals surface area contributed by atoms with Crippen LogP contribution in [0.15, 0.2) is 60.8 Å². The van der Waals surface area contributed by atoms with Gasteiger partial charge in [0.15, 0.2) is 5.78 Å². The van der Waals surface area contributed by atoms with E-state index in [2.05, 4.69) is 11.4 Å². The smallest absolute Gasteiger partial charge is 0.183 e. The number of carbonyl (C=O) groups excluding carboxylic acids is 1. The number of anilines is 1. The Morgan fingerprint density at radius 1 is 1.04 bits per heavy atom. The summed E-state index contributed by atoms with van der Waals surface area (Å²) in [7, 11) is 0. The van der Waals surface area contributed by atoms with Crippen LogP contribution in [0.5, 0.6) is 0 Å². The number of ketones is 1. The van der Waals surface area contributed by atoms with Gasteiger partial charge in [-0.25, -0.2) is 0 Å². The van der Waals surface area contributed by atoms with Crippen molar-refractivity contribution in [1.82, 2.24) is 4.57 Å². The van der Waals surface area contributed by atoms with Gasteiger partial charge < -0.3 is 9.88 Å². The minimum atomic E-state index is 0.160. The maximum absolute atomic E-state index is 12.2. The van der Waals surface area contributed by atoms with Gasteiger partial charge in [-0.1, -0.05) is 30.3 Å². The molecule has 0 saturated carbocycles. The molecule has 0 fully saturated rings. The standard InChI is InChI=1S/C20H15N3O/c21-13-15-3-1-2-4-17(15)14-5-7-16(8-6-14)23-12-10-18-20(23)19(24)9-11-22-18/h1-8,10,12,22H,9,11H2. The zero-order valence-electron chi connectivity index (χ0n) is 13.0. The molecule has 3 aromatic rings. The second-order valence-electron chi connectivity index (χ2n) is 5.75. The number of hydrogen-bond donors (Lipinski definition) is 1. The Kier molecular flexibility index (Phi) is 3.40. The van der Waals surface area contributed by atoms with Crippen molar-refractivity contribution in [2.24, 2.45) is 0 Å². The number of nitriles is 1. The van der Waals surface area contributed by atoms with E-state index in [1.165, 1.54) is 0 Å². The van der Waals surface area contributed by atoms with E-state index in [-0.39, 0.29) is 5.78 Å². The summed E-state index contributed by atoms with van der Waals surface area (Å²) in [6.45, 7) is 0.694. The number of nitrogens with zero attached hydrogens (tertiary/aromatic N) is 2. The van der Waals surface area contributed by atoms with Gasteiger partial charge in [-0.05, 0) is 35.4 Å². The molecule has 1 aliphatic heterocycles. The van der Waals surface area contributed by atoms with Gasteiger partial charge in [0.25, 0.3) is 0 Å². The molecule has 2 aromatic carbocycles. The highest BCUT2D eigenvalue weighted by Crippen LogP contribution is 2.28. The van der Waals surface area contributed by atoms with Gasteiger partial charge >= 0.3 is 0 Å². The third-order valence-corrected chi connectivity index (χ3v) is 4.32. The lowest BCUT2D eigenvalue weighted by atomic mass is 10.0. The Balaban J connectivity index is 1.75. The molecule has 116 valence electrons. The van der Waals surface area contributed by atoms with Crippen molar-refractivity contribution in [2.75, 3.05) is 11.9 Å². The zero-order valence-corrected chi connectivity index (χ0v) is 13.0. The third kappa shape index (κ3) is 2.27. The van der Waals surface area contributed by atoms with Crippen molar-refractivity contribution in [2.45, 2.75) is 6.42 Å². The summed E-state index contributed by atoms with van der Waals surface area (Å²) in [5.41, 5.74) is 5.10. The Hall–Kier alpha value is -3.32. The van der Waals surface area contributed by atoms with E-state index in [4.69, 9.17) is 0 Å². The molecule has 0 aliphatic carbocycles. The summed E-state index contributed by atoms with van der Waals surface area (Å²) in [5.74, 6) is 0.160. The number of carbonyl (C=O) groups is 1. The van der Waals surface area contributed by atoms with E-state index in [1.54, 1.807) is 0 Å². The first-order valence-electron chi connectivity index (χ1n) is 7.86. The van der Waals surface area contributed by atoms with Crippen molar-refractivity contribution in [3.05, 3.63) is 72.1 Å². The van der Waals surface area contributed by atoms with Crippen LogP contribution < -0.4 is 5.32 Å². The predicted octanol–water partition coefficient (Wildman–Crippen LogP) is 4.01. The number of rotatable bonds is 2. The Morgan fingerprint density at radius 2 is 1.83 bits per heavy atom. The molecule has 24 heavy (non-hydrogen) atoms. The first-order chi connectivity index (χ1) is 11.8. The van der Waals surface area contributed by atoms with Gasteiger partial charge in [-0.15, -0.1) is 0 Å². The summed E-state index contributed by atoms with van der Waals surface area (Å²) in [5, 5.41) is 12.5. The molecule has 1 aliphatic rings. The Morgan fingerprint density at radius 3 is 2.62 bits per heavy atom. The van der Waals surface area contributed by atoms with E-state index in [0.29, 0.717) is 24.2 Å². The van der Waals surface area contributed by atoms with Crippen LogP contribution in [0.2, 0.25) is 0 Å². The van der Waals surface area contributed by atoms with Crippen molar-refractivity contribution < 1.29 is 4.79 Å². The molecule has 4 rings (SSSR count). The summed E-state index contributed by atoms with van der Waals surface area (Å²) in [4.78, 5) is 12.2. The number of benzene rings is 2. The van der Waals surface area contributed by atoms with Crippen LogP contribution in [0.3, 0.4) is 0 Å². The SMILES string of the molecule is N#Cc1ccccc1-c1ccc(-n2ccc3c2C(=O)CCN3)cc1. The third-order valence-electron chi connectivity index (χ3n) is 4.32. The average molecular weight is 313 g/mol. The van der Waals surface area contributed by atoms with E-state index < -0.39 is 0 Å². The van der Waals surface area contributed by atoms with Gasteiger partial charge in [0, 0.05) is 24.8 Å². The molecule has 1 N–H and O–H groups in total. The number of aromatic nitrogens is 1. The fourth-order valence-electron chi connectivity index (χ4n) is 3.14. The molecule has 4 nitrogen and oxygen atoms in total. The van der Waals surface area contributed by atoms with Crippen LogP contribution in [0.4, 0.5) is 5.69 Å². The van der Waals surface area contributed by atoms with Crippen LogP contribution in [-0.4, -0.2) is 16.9 Å². The molecule has 0 unspecified atom stereocenters. The number of Topliss-reactive ketones (excluding diaryl/α,β-unsaturated/α-hetero) is 1. The molecule has 0 bridgehead atoms. The number of hydrogen-bond acceptors (Lipinski definition) is 3. The van der Waals surface area contributed by atoms with Gasteiger partial charge in [-0.2, -0.15) is 5.26 Å². The first kappa shape index (κ1) is 14.3. The monoisotopic (exact) mass is 313 g/mol. The zero-order chi connectivity index (χ0) is 16.5. The second kappa shape index (κ2) is 5.71. The number of nitrogens with one attached hydrogen (secondary N) is 1. The fraction of sp³-hybridized carbons (Fsp3) is 0.100. The van der Waals surface area contributed by atoms with Crippen LogP contribution >= 0.6 is 0 Å². The summed E-state index contributed by atoms with van der Waals surface area (Å²) >= 11 is 0. The highest BCUT2D eigenvalue weighted by Gasteiger charge is 2.21. The van der Waals surface area contributed by atoms with Crippen molar-refractivity contribution in [3.8, 4) is 22.9 Å². The van der Waals surface area contributed by atoms with Gasteiger partial charge in [0.05, 0.1) is 17.3 Å². The Labute approximate surface area is 140 Å². The normalized spacial score (nSPS) is 13.0. The van der Waals surface area contributed by atoms with E-state index in [1.807, 2.05) is 65.4 Å². The van der Waals surface area contributed by atoms with Gasteiger partial charge in [0.1, 0.15) is 5.69 Å². The Bertz CT molecular complexity index is 961.